The van der Waals surface area contributed by atoms with Gasteiger partial charge in [0.25, 0.3) is 0 Å². The number of nitrogens with zero attached hydrogens (tertiary/aromatic N) is 2. The molecule has 5 atom stereocenters. The van der Waals surface area contributed by atoms with E-state index >= 15 is 0 Å². The quantitative estimate of drug-likeness (QED) is 0.624. The van der Waals surface area contributed by atoms with Gasteiger partial charge >= 0.3 is 0 Å². The Kier molecular flexibility index (Phi) is 2.88. The smallest absolute Gasteiger partial charge is 0.140 e. The Morgan fingerprint density at radius 3 is 2.93 bits per heavy atom. The van der Waals surface area contributed by atoms with Crippen molar-refractivity contribution in [2.24, 2.45) is 17.8 Å². The van der Waals surface area contributed by atoms with E-state index in [2.05, 4.69) is 39.8 Å². The van der Waals surface area contributed by atoms with Crippen LogP contribution in [0.3, 0.4) is 0 Å². The molecule has 2 aromatic carbocycles. The largest absolute Gasteiger partial charge is 0.378 e. The van der Waals surface area contributed by atoms with Gasteiger partial charge in [0.1, 0.15) is 11.9 Å². The number of hydrogen-bond acceptors (Lipinski definition) is 3. The predicted octanol–water partition coefficient (Wildman–Crippen LogP) is 4.65. The van der Waals surface area contributed by atoms with E-state index in [1.807, 2.05) is 18.3 Å². The minimum Gasteiger partial charge on any atom is -0.378 e. The van der Waals surface area contributed by atoms with Crippen LogP contribution in [-0.2, 0) is 0 Å². The van der Waals surface area contributed by atoms with Crippen molar-refractivity contribution in [2.45, 2.75) is 18.4 Å². The van der Waals surface area contributed by atoms with Crippen LogP contribution in [0, 0.1) is 34.9 Å². The predicted molar refractivity (Wildman–Crippen MR) is 101 cm³/mol. The summed E-state index contributed by atoms with van der Waals surface area (Å²) >= 11 is 0. The van der Waals surface area contributed by atoms with Gasteiger partial charge in [0.15, 0.2) is 0 Å². The Morgan fingerprint density at radius 1 is 1.15 bits per heavy atom. The first-order valence-corrected chi connectivity index (χ1v) is 9.35. The lowest BCUT2D eigenvalue weighted by molar-refractivity contribution is 0.334. The van der Waals surface area contributed by atoms with Gasteiger partial charge in [0.2, 0.25) is 0 Å². The van der Waals surface area contributed by atoms with Crippen LogP contribution < -0.4 is 5.32 Å². The summed E-state index contributed by atoms with van der Waals surface area (Å²) in [6.45, 7) is 0. The molecule has 0 spiro atoms. The first kappa shape index (κ1) is 15.0. The van der Waals surface area contributed by atoms with Crippen molar-refractivity contribution in [3.05, 3.63) is 71.2 Å². The molecule has 1 saturated carbocycles. The zero-order valence-corrected chi connectivity index (χ0v) is 14.5. The lowest BCUT2D eigenvalue weighted by atomic mass is 9.69. The number of H-pyrrole nitrogens is 1. The van der Waals surface area contributed by atoms with Crippen molar-refractivity contribution in [1.29, 1.82) is 5.26 Å². The van der Waals surface area contributed by atoms with E-state index in [9.17, 15) is 9.65 Å². The van der Waals surface area contributed by atoms with Crippen molar-refractivity contribution in [3.63, 3.8) is 0 Å². The van der Waals surface area contributed by atoms with Crippen LogP contribution in [-0.4, -0.2) is 10.2 Å². The Bertz CT molecular complexity index is 1150. The molecule has 3 aliphatic rings. The molecule has 5 heteroatoms. The lowest BCUT2D eigenvalue weighted by Crippen LogP contribution is -2.34. The van der Waals surface area contributed by atoms with Gasteiger partial charge in [-0.2, -0.15) is 10.4 Å². The molecule has 2 N–H and O–H groups in total. The highest BCUT2D eigenvalue weighted by Gasteiger charge is 2.52. The molecule has 4 nitrogen and oxygen atoms in total. The highest BCUT2D eigenvalue weighted by atomic mass is 19.1. The first-order chi connectivity index (χ1) is 13.2. The number of aromatic amines is 1. The molecular formula is C22H17FN4. The number of fused-ring (bicyclic) bond motifs is 9. The third kappa shape index (κ3) is 1.93. The van der Waals surface area contributed by atoms with Crippen LogP contribution in [0.1, 0.15) is 35.1 Å². The number of nitrogens with one attached hydrogen (secondary N) is 2. The van der Waals surface area contributed by atoms with Gasteiger partial charge in [-0.05, 0) is 65.5 Å². The third-order valence-electron chi connectivity index (χ3n) is 6.69. The minimum absolute atomic E-state index is 0.0690. The summed E-state index contributed by atoms with van der Waals surface area (Å²) in [5.74, 6) is 1.38. The molecular weight excluding hydrogens is 339 g/mol. The molecule has 132 valence electrons. The maximum Gasteiger partial charge on any atom is 0.140 e. The second-order valence-corrected chi connectivity index (χ2v) is 7.88. The van der Waals surface area contributed by atoms with E-state index in [0.29, 0.717) is 23.7 Å². The van der Waals surface area contributed by atoms with Crippen molar-refractivity contribution in [2.75, 3.05) is 5.32 Å². The van der Waals surface area contributed by atoms with E-state index < -0.39 is 5.82 Å². The first-order valence-electron chi connectivity index (χ1n) is 9.35. The summed E-state index contributed by atoms with van der Waals surface area (Å²) in [7, 11) is 0. The van der Waals surface area contributed by atoms with Crippen molar-refractivity contribution >= 4 is 16.6 Å². The molecule has 3 aromatic rings. The number of halogens is 1. The molecule has 1 aromatic heterocycles. The Morgan fingerprint density at radius 2 is 2.04 bits per heavy atom. The zero-order chi connectivity index (χ0) is 18.1. The van der Waals surface area contributed by atoms with E-state index in [4.69, 9.17) is 0 Å². The van der Waals surface area contributed by atoms with Crippen LogP contribution in [0.4, 0.5) is 10.1 Å². The van der Waals surface area contributed by atoms with Gasteiger partial charge in [0, 0.05) is 11.1 Å². The van der Waals surface area contributed by atoms with Gasteiger partial charge in [-0.1, -0.05) is 18.2 Å². The monoisotopic (exact) mass is 356 g/mol. The van der Waals surface area contributed by atoms with E-state index in [1.54, 1.807) is 6.07 Å². The van der Waals surface area contributed by atoms with Gasteiger partial charge in [-0.25, -0.2) is 4.39 Å². The number of anilines is 1. The molecule has 0 amide bonds. The summed E-state index contributed by atoms with van der Waals surface area (Å²) in [5, 5.41) is 21.5. The molecule has 6 rings (SSSR count). The highest BCUT2D eigenvalue weighted by Crippen LogP contribution is 2.62. The van der Waals surface area contributed by atoms with Crippen molar-refractivity contribution in [1.82, 2.24) is 10.2 Å². The van der Waals surface area contributed by atoms with Crippen LogP contribution in [0.15, 0.2) is 48.7 Å². The third-order valence-corrected chi connectivity index (χ3v) is 6.69. The fraction of sp³-hybridized carbons (Fsp3) is 0.273. The second-order valence-electron chi connectivity index (χ2n) is 7.88. The summed E-state index contributed by atoms with van der Waals surface area (Å²) in [5.41, 5.74) is 4.64. The number of benzene rings is 2. The fourth-order valence-corrected chi connectivity index (χ4v) is 5.64. The van der Waals surface area contributed by atoms with Gasteiger partial charge in [-0.15, -0.1) is 0 Å². The molecule has 2 aliphatic carbocycles. The molecule has 1 fully saturated rings. The molecule has 2 heterocycles. The second kappa shape index (κ2) is 5.20. The summed E-state index contributed by atoms with van der Waals surface area (Å²) in [4.78, 5) is 0. The minimum atomic E-state index is -0.457. The highest BCUT2D eigenvalue weighted by molar-refractivity contribution is 5.88. The summed E-state index contributed by atoms with van der Waals surface area (Å²) in [6.07, 6.45) is 7.79. The number of rotatable bonds is 1. The maximum atomic E-state index is 13.9. The number of hydrogen-bond donors (Lipinski definition) is 2. The van der Waals surface area contributed by atoms with Crippen LogP contribution in [0.2, 0.25) is 0 Å². The van der Waals surface area contributed by atoms with E-state index in [1.165, 1.54) is 17.0 Å². The van der Waals surface area contributed by atoms with Gasteiger partial charge in [0.05, 0.1) is 23.3 Å². The van der Waals surface area contributed by atoms with Gasteiger partial charge in [-0.3, -0.25) is 5.10 Å². The van der Waals surface area contributed by atoms with E-state index in [0.717, 1.165) is 23.2 Å². The van der Waals surface area contributed by atoms with Crippen LogP contribution >= 0.6 is 0 Å². The number of nitriles is 1. The SMILES string of the molecule is N#Cc1cc([C@@H]2Nc3ccc4[nH]ncc4c3[C@@H]3[C@H]2[C@@H]2C=C[C@@H]3C2)ccc1F. The van der Waals surface area contributed by atoms with Crippen molar-refractivity contribution < 1.29 is 4.39 Å². The molecule has 2 bridgehead atoms. The molecule has 27 heavy (non-hydrogen) atoms. The number of allylic oxidation sites excluding steroid dienone is 2. The number of aromatic nitrogens is 2. The van der Waals surface area contributed by atoms with Gasteiger partial charge < -0.3 is 5.32 Å². The fourth-order valence-electron chi connectivity index (χ4n) is 5.64. The summed E-state index contributed by atoms with van der Waals surface area (Å²) < 4.78 is 13.9. The Labute approximate surface area is 155 Å². The topological polar surface area (TPSA) is 64.5 Å². The molecule has 1 aliphatic heterocycles. The van der Waals surface area contributed by atoms with E-state index in [-0.39, 0.29) is 11.6 Å². The normalized spacial score (nSPS) is 30.0. The van der Waals surface area contributed by atoms with Crippen LogP contribution in [0.25, 0.3) is 10.9 Å². The summed E-state index contributed by atoms with van der Waals surface area (Å²) in [6, 6.07) is 11.2. The Balaban J connectivity index is 1.56. The molecule has 0 saturated heterocycles. The average Bonchev–Trinajstić information content (AvgIpc) is 3.43. The average molecular weight is 356 g/mol. The lowest BCUT2D eigenvalue weighted by Gasteiger charge is -2.42. The Hall–Kier alpha value is -3.13. The van der Waals surface area contributed by atoms with Crippen LogP contribution in [0.5, 0.6) is 0 Å². The zero-order valence-electron chi connectivity index (χ0n) is 14.5. The van der Waals surface area contributed by atoms with Crippen molar-refractivity contribution in [3.8, 4) is 6.07 Å². The molecule has 0 unspecified atom stereocenters. The maximum absolute atomic E-state index is 13.9. The standard InChI is InChI=1S/C22H17FN4/c23-16-4-3-13(8-14(16)9-24)22-20-12-2-1-11(7-12)19(20)21-15-10-25-27-17(15)5-6-18(21)26-22/h1-6,8,10-12,19-20,22,26H,7H2,(H,25,27)/t11-,12-,19+,20-,22+/m1/s1. The molecule has 0 radical (unpaired) electrons.